The Morgan fingerprint density at radius 3 is 3.00 bits per heavy atom. The van der Waals surface area contributed by atoms with Crippen LogP contribution in [0.3, 0.4) is 0 Å². The van der Waals surface area contributed by atoms with Gasteiger partial charge in [0.05, 0.1) is 30.1 Å². The van der Waals surface area contributed by atoms with Crippen molar-refractivity contribution in [3.63, 3.8) is 0 Å². The molecule has 0 saturated carbocycles. The quantitative estimate of drug-likeness (QED) is 0.886. The first-order valence-corrected chi connectivity index (χ1v) is 6.67. The Labute approximate surface area is 119 Å². The van der Waals surface area contributed by atoms with E-state index in [4.69, 9.17) is 16.7 Å². The van der Waals surface area contributed by atoms with Crippen LogP contribution in [0.5, 0.6) is 0 Å². The summed E-state index contributed by atoms with van der Waals surface area (Å²) in [5.74, 6) is 0. The van der Waals surface area contributed by atoms with Crippen LogP contribution in [0.1, 0.15) is 5.56 Å². The van der Waals surface area contributed by atoms with E-state index in [0.29, 0.717) is 18.1 Å². The summed E-state index contributed by atoms with van der Waals surface area (Å²) < 4.78 is 2.66. The Bertz CT molecular complexity index is 530. The highest BCUT2D eigenvalue weighted by molar-refractivity contribution is 9.10. The molecule has 0 aliphatic heterocycles. The number of aliphatic hydroxyl groups is 1. The van der Waals surface area contributed by atoms with Gasteiger partial charge in [0.25, 0.3) is 0 Å². The van der Waals surface area contributed by atoms with Crippen molar-refractivity contribution in [2.24, 2.45) is 0 Å². The highest BCUT2D eigenvalue weighted by Gasteiger charge is 2.02. The third-order valence-electron chi connectivity index (χ3n) is 2.43. The SMILES string of the molecule is OCCn1cc(CNc2ccc(Br)cc2Cl)cn1. The molecule has 0 bridgehead atoms. The maximum Gasteiger partial charge on any atom is 0.0648 e. The Kier molecular flexibility index (Phi) is 4.63. The molecule has 96 valence electrons. The lowest BCUT2D eigenvalue weighted by atomic mass is 10.3. The molecule has 18 heavy (non-hydrogen) atoms. The van der Waals surface area contributed by atoms with E-state index in [1.54, 1.807) is 10.9 Å². The second-order valence-corrected chi connectivity index (χ2v) is 5.14. The first-order valence-electron chi connectivity index (χ1n) is 5.50. The van der Waals surface area contributed by atoms with Crippen LogP contribution in [0, 0.1) is 0 Å². The Hall–Kier alpha value is -1.04. The third kappa shape index (κ3) is 3.48. The van der Waals surface area contributed by atoms with Gasteiger partial charge in [-0.05, 0) is 18.2 Å². The molecule has 1 aromatic heterocycles. The molecule has 0 spiro atoms. The normalized spacial score (nSPS) is 10.6. The predicted octanol–water partition coefficient (Wildman–Crippen LogP) is 2.90. The highest BCUT2D eigenvalue weighted by atomic mass is 79.9. The lowest BCUT2D eigenvalue weighted by Gasteiger charge is -2.07. The molecule has 0 unspecified atom stereocenters. The number of aromatic nitrogens is 2. The third-order valence-corrected chi connectivity index (χ3v) is 3.24. The lowest BCUT2D eigenvalue weighted by Crippen LogP contribution is -2.02. The van der Waals surface area contributed by atoms with Crippen molar-refractivity contribution >= 4 is 33.2 Å². The van der Waals surface area contributed by atoms with Crippen LogP contribution in [0.15, 0.2) is 35.1 Å². The maximum absolute atomic E-state index is 8.80. The number of aliphatic hydroxyl groups excluding tert-OH is 1. The zero-order valence-corrected chi connectivity index (χ0v) is 11.9. The molecule has 2 N–H and O–H groups in total. The van der Waals surface area contributed by atoms with Gasteiger partial charge in [0, 0.05) is 22.8 Å². The van der Waals surface area contributed by atoms with E-state index in [0.717, 1.165) is 15.7 Å². The monoisotopic (exact) mass is 329 g/mol. The van der Waals surface area contributed by atoms with Crippen LogP contribution in [0.4, 0.5) is 5.69 Å². The van der Waals surface area contributed by atoms with Gasteiger partial charge in [0.15, 0.2) is 0 Å². The summed E-state index contributed by atoms with van der Waals surface area (Å²) >= 11 is 9.47. The first-order chi connectivity index (χ1) is 8.69. The number of nitrogens with zero attached hydrogens (tertiary/aromatic N) is 2. The van der Waals surface area contributed by atoms with Crippen molar-refractivity contribution in [3.05, 3.63) is 45.7 Å². The van der Waals surface area contributed by atoms with Crippen molar-refractivity contribution in [2.75, 3.05) is 11.9 Å². The minimum atomic E-state index is 0.0904. The molecule has 0 aliphatic carbocycles. The van der Waals surface area contributed by atoms with E-state index >= 15 is 0 Å². The van der Waals surface area contributed by atoms with Gasteiger partial charge in [-0.25, -0.2) is 0 Å². The zero-order valence-electron chi connectivity index (χ0n) is 9.61. The second kappa shape index (κ2) is 6.22. The molecule has 0 saturated heterocycles. The van der Waals surface area contributed by atoms with Gasteiger partial charge >= 0.3 is 0 Å². The van der Waals surface area contributed by atoms with E-state index < -0.39 is 0 Å². The first kappa shape index (κ1) is 13.4. The molecule has 2 rings (SSSR count). The highest BCUT2D eigenvalue weighted by Crippen LogP contribution is 2.25. The fourth-order valence-electron chi connectivity index (χ4n) is 1.55. The molecule has 6 heteroatoms. The minimum absolute atomic E-state index is 0.0904. The summed E-state index contributed by atoms with van der Waals surface area (Å²) in [5, 5.41) is 16.8. The van der Waals surface area contributed by atoms with Gasteiger partial charge in [-0.1, -0.05) is 27.5 Å². The molecule has 4 nitrogen and oxygen atoms in total. The molecular formula is C12H13BrClN3O. The molecule has 0 fully saturated rings. The molecular weight excluding hydrogens is 318 g/mol. The average molecular weight is 331 g/mol. The maximum atomic E-state index is 8.80. The van der Waals surface area contributed by atoms with Crippen LogP contribution in [0.25, 0.3) is 0 Å². The number of anilines is 1. The summed E-state index contributed by atoms with van der Waals surface area (Å²) in [6, 6.07) is 5.70. The number of halogens is 2. The van der Waals surface area contributed by atoms with Crippen molar-refractivity contribution in [1.29, 1.82) is 0 Å². The van der Waals surface area contributed by atoms with Crippen molar-refractivity contribution in [1.82, 2.24) is 9.78 Å². The summed E-state index contributed by atoms with van der Waals surface area (Å²) in [6.45, 7) is 1.25. The molecule has 0 aliphatic rings. The Morgan fingerprint density at radius 2 is 2.28 bits per heavy atom. The minimum Gasteiger partial charge on any atom is -0.394 e. The van der Waals surface area contributed by atoms with Crippen molar-refractivity contribution in [3.8, 4) is 0 Å². The van der Waals surface area contributed by atoms with E-state index in [-0.39, 0.29) is 6.61 Å². The van der Waals surface area contributed by atoms with Crippen LogP contribution in [-0.4, -0.2) is 21.5 Å². The van der Waals surface area contributed by atoms with Crippen LogP contribution >= 0.6 is 27.5 Å². The number of rotatable bonds is 5. The zero-order chi connectivity index (χ0) is 13.0. The van der Waals surface area contributed by atoms with Crippen LogP contribution < -0.4 is 5.32 Å². The molecule has 0 atom stereocenters. The van der Waals surface area contributed by atoms with Gasteiger partial charge in [-0.15, -0.1) is 0 Å². The lowest BCUT2D eigenvalue weighted by molar-refractivity contribution is 0.269. The van der Waals surface area contributed by atoms with Gasteiger partial charge < -0.3 is 10.4 Å². The van der Waals surface area contributed by atoms with Crippen molar-refractivity contribution < 1.29 is 5.11 Å². The number of hydrogen-bond donors (Lipinski definition) is 2. The Balaban J connectivity index is 1.97. The standard InChI is InChI=1S/C12H13BrClN3O/c13-10-1-2-12(11(14)5-10)15-6-9-7-16-17(8-9)3-4-18/h1-2,5,7-8,15,18H,3-4,6H2. The second-order valence-electron chi connectivity index (χ2n) is 3.81. The smallest absolute Gasteiger partial charge is 0.0648 e. The predicted molar refractivity (Wildman–Crippen MR) is 75.8 cm³/mol. The van der Waals surface area contributed by atoms with E-state index in [9.17, 15) is 0 Å². The van der Waals surface area contributed by atoms with E-state index in [1.165, 1.54) is 0 Å². The van der Waals surface area contributed by atoms with Gasteiger partial charge in [-0.3, -0.25) is 4.68 Å². The summed E-state index contributed by atoms with van der Waals surface area (Å²) in [5.41, 5.74) is 1.93. The summed E-state index contributed by atoms with van der Waals surface area (Å²) in [6.07, 6.45) is 3.67. The molecule has 0 radical (unpaired) electrons. The Morgan fingerprint density at radius 1 is 1.44 bits per heavy atom. The number of hydrogen-bond acceptors (Lipinski definition) is 3. The van der Waals surface area contributed by atoms with Gasteiger partial charge in [0.1, 0.15) is 0 Å². The van der Waals surface area contributed by atoms with E-state index in [2.05, 4.69) is 26.3 Å². The molecule has 2 aromatic rings. The fourth-order valence-corrected chi connectivity index (χ4v) is 2.29. The summed E-state index contributed by atoms with van der Waals surface area (Å²) in [7, 11) is 0. The van der Waals surface area contributed by atoms with Gasteiger partial charge in [-0.2, -0.15) is 5.10 Å². The fraction of sp³-hybridized carbons (Fsp3) is 0.250. The van der Waals surface area contributed by atoms with Crippen molar-refractivity contribution in [2.45, 2.75) is 13.1 Å². The molecule has 1 aromatic carbocycles. The molecule has 0 amide bonds. The topological polar surface area (TPSA) is 50.1 Å². The van der Waals surface area contributed by atoms with E-state index in [1.807, 2.05) is 24.4 Å². The van der Waals surface area contributed by atoms with Crippen LogP contribution in [0.2, 0.25) is 5.02 Å². The van der Waals surface area contributed by atoms with Crippen LogP contribution in [-0.2, 0) is 13.1 Å². The average Bonchev–Trinajstić information content (AvgIpc) is 2.76. The molecule has 1 heterocycles. The summed E-state index contributed by atoms with van der Waals surface area (Å²) in [4.78, 5) is 0. The number of nitrogens with one attached hydrogen (secondary N) is 1. The van der Waals surface area contributed by atoms with Gasteiger partial charge in [0.2, 0.25) is 0 Å². The largest absolute Gasteiger partial charge is 0.394 e. The number of benzene rings is 1.